The zero-order valence-corrected chi connectivity index (χ0v) is 15.9. The molecule has 1 aliphatic rings. The number of nitrogens with zero attached hydrogens (tertiary/aromatic N) is 2. The maximum atomic E-state index is 12.8. The summed E-state index contributed by atoms with van der Waals surface area (Å²) < 4.78 is 34.1. The number of hydrogen-bond acceptors (Lipinski definition) is 6. The number of nitriles is 1. The molecule has 1 fully saturated rings. The summed E-state index contributed by atoms with van der Waals surface area (Å²) in [5, 5.41) is 8.93. The van der Waals surface area contributed by atoms with E-state index in [1.807, 2.05) is 10.8 Å². The van der Waals surface area contributed by atoms with Crippen molar-refractivity contribution in [2.45, 2.75) is 18.6 Å². The Hall–Kier alpha value is -2.77. The highest BCUT2D eigenvalue weighted by atomic mass is 32.2. The van der Waals surface area contributed by atoms with Crippen LogP contribution in [-0.2, 0) is 19.8 Å². The third kappa shape index (κ3) is 4.21. The fraction of sp³-hybridized carbons (Fsp3) is 0.263. The molecule has 1 heterocycles. The summed E-state index contributed by atoms with van der Waals surface area (Å²) >= 11 is 0. The number of ether oxygens (including phenoxy) is 1. The largest absolute Gasteiger partial charge is 0.372 e. The molecule has 146 valence electrons. The van der Waals surface area contributed by atoms with Crippen LogP contribution in [0.25, 0.3) is 0 Å². The minimum absolute atomic E-state index is 0.216. The maximum Gasteiger partial charge on any atom is 0.326 e. The molecule has 8 nitrogen and oxygen atoms in total. The van der Waals surface area contributed by atoms with Gasteiger partial charge in [-0.05, 0) is 36.2 Å². The van der Waals surface area contributed by atoms with Gasteiger partial charge < -0.3 is 4.74 Å². The van der Waals surface area contributed by atoms with Gasteiger partial charge in [0.1, 0.15) is 6.10 Å². The predicted octanol–water partition coefficient (Wildman–Crippen LogP) is 1.93. The first-order valence-corrected chi connectivity index (χ1v) is 9.97. The second-order valence-electron chi connectivity index (χ2n) is 6.12. The van der Waals surface area contributed by atoms with Gasteiger partial charge in [0.05, 0.1) is 24.8 Å². The molecule has 28 heavy (non-hydrogen) atoms. The molecule has 1 amide bonds. The fourth-order valence-electron chi connectivity index (χ4n) is 3.08. The number of hydroxylamine groups is 1. The van der Waals surface area contributed by atoms with Gasteiger partial charge in [-0.1, -0.05) is 34.8 Å². The highest BCUT2D eigenvalue weighted by Gasteiger charge is 2.41. The summed E-state index contributed by atoms with van der Waals surface area (Å²) in [4.78, 5) is 17.4. The van der Waals surface area contributed by atoms with E-state index in [0.717, 1.165) is 4.47 Å². The maximum absolute atomic E-state index is 12.8. The number of rotatable bonds is 6. The van der Waals surface area contributed by atoms with Crippen LogP contribution in [-0.4, -0.2) is 38.6 Å². The molecule has 2 aromatic rings. The lowest BCUT2D eigenvalue weighted by Gasteiger charge is -2.28. The molecular formula is C19H19N3O5S. The Kier molecular flexibility index (Phi) is 6.06. The van der Waals surface area contributed by atoms with Gasteiger partial charge in [0.2, 0.25) is 0 Å². The van der Waals surface area contributed by atoms with Crippen molar-refractivity contribution in [3.05, 3.63) is 71.3 Å². The molecule has 3 rings (SSSR count). The van der Waals surface area contributed by atoms with E-state index in [9.17, 15) is 13.2 Å². The van der Waals surface area contributed by atoms with Crippen LogP contribution in [0.4, 0.5) is 0 Å². The van der Waals surface area contributed by atoms with Crippen LogP contribution in [0.2, 0.25) is 0 Å². The summed E-state index contributed by atoms with van der Waals surface area (Å²) in [5.74, 6) is -0.753. The topological polar surface area (TPSA) is 109 Å². The summed E-state index contributed by atoms with van der Waals surface area (Å²) in [5.41, 5.74) is 1.42. The van der Waals surface area contributed by atoms with Crippen LogP contribution >= 0.6 is 0 Å². The number of carbonyl (C=O) groups excluding carboxylic acids is 1. The zero-order valence-electron chi connectivity index (χ0n) is 15.1. The van der Waals surface area contributed by atoms with Crippen molar-refractivity contribution in [1.82, 2.24) is 9.19 Å². The monoisotopic (exact) mass is 401 g/mol. The molecule has 2 unspecified atom stereocenters. The van der Waals surface area contributed by atoms with Crippen LogP contribution in [0, 0.1) is 11.3 Å². The van der Waals surface area contributed by atoms with E-state index in [2.05, 4.69) is 0 Å². The van der Waals surface area contributed by atoms with E-state index in [4.69, 9.17) is 14.8 Å². The standard InChI is InChI=1S/C19H19N3O5S/c1-26-22(28(24,25)21-19(23)16-5-3-2-4-6-16)17-11-12-27-18(17)15-9-7-14(13-20)8-10-15/h2-10,17-18H,11-12H2,1H3,(H,21,23). The van der Waals surface area contributed by atoms with Crippen LogP contribution < -0.4 is 4.72 Å². The summed E-state index contributed by atoms with van der Waals surface area (Å²) in [6, 6.07) is 16.1. The van der Waals surface area contributed by atoms with Crippen LogP contribution in [0.1, 0.15) is 34.0 Å². The predicted molar refractivity (Wildman–Crippen MR) is 99.9 cm³/mol. The molecular weight excluding hydrogens is 382 g/mol. The Morgan fingerprint density at radius 3 is 2.50 bits per heavy atom. The Balaban J connectivity index is 1.82. The fourth-order valence-corrected chi connectivity index (χ4v) is 4.29. The van der Waals surface area contributed by atoms with Gasteiger partial charge in [-0.15, -0.1) is 0 Å². The van der Waals surface area contributed by atoms with E-state index in [0.29, 0.717) is 24.2 Å². The molecule has 0 radical (unpaired) electrons. The Morgan fingerprint density at radius 1 is 1.21 bits per heavy atom. The molecule has 1 saturated heterocycles. The van der Waals surface area contributed by atoms with E-state index >= 15 is 0 Å². The minimum Gasteiger partial charge on any atom is -0.372 e. The number of hydrogen-bond donors (Lipinski definition) is 1. The van der Waals surface area contributed by atoms with E-state index < -0.39 is 28.3 Å². The van der Waals surface area contributed by atoms with Crippen molar-refractivity contribution < 1.29 is 22.8 Å². The summed E-state index contributed by atoms with van der Waals surface area (Å²) in [6.07, 6.45) is -0.199. The number of amides is 1. The number of carbonyl (C=O) groups is 1. The van der Waals surface area contributed by atoms with E-state index in [1.54, 1.807) is 42.5 Å². The quantitative estimate of drug-likeness (QED) is 0.741. The van der Waals surface area contributed by atoms with Crippen molar-refractivity contribution in [2.24, 2.45) is 0 Å². The molecule has 0 saturated carbocycles. The average Bonchev–Trinajstić information content (AvgIpc) is 3.18. The first-order chi connectivity index (χ1) is 13.5. The Bertz CT molecular complexity index is 971. The number of nitrogens with one attached hydrogen (secondary N) is 1. The molecule has 0 aliphatic carbocycles. The van der Waals surface area contributed by atoms with Crippen molar-refractivity contribution >= 4 is 16.1 Å². The molecule has 9 heteroatoms. The van der Waals surface area contributed by atoms with Crippen molar-refractivity contribution in [2.75, 3.05) is 13.7 Å². The van der Waals surface area contributed by atoms with Gasteiger partial charge in [-0.3, -0.25) is 9.63 Å². The zero-order chi connectivity index (χ0) is 20.1. The lowest BCUT2D eigenvalue weighted by atomic mass is 10.0. The average molecular weight is 401 g/mol. The Labute approximate surface area is 163 Å². The highest BCUT2D eigenvalue weighted by molar-refractivity contribution is 7.87. The molecule has 0 bridgehead atoms. The SMILES string of the molecule is CON(C1CCOC1c1ccc(C#N)cc1)S(=O)(=O)NC(=O)c1ccccc1. The van der Waals surface area contributed by atoms with Gasteiger partial charge in [0.15, 0.2) is 0 Å². The summed E-state index contributed by atoms with van der Waals surface area (Å²) in [7, 11) is -3.06. The Morgan fingerprint density at radius 2 is 1.89 bits per heavy atom. The first-order valence-electron chi connectivity index (χ1n) is 8.53. The molecule has 2 aromatic carbocycles. The third-order valence-corrected chi connectivity index (χ3v) is 5.71. The van der Waals surface area contributed by atoms with Crippen LogP contribution in [0.5, 0.6) is 0 Å². The van der Waals surface area contributed by atoms with Gasteiger partial charge in [-0.25, -0.2) is 4.72 Å². The van der Waals surface area contributed by atoms with Crippen molar-refractivity contribution in [3.8, 4) is 6.07 Å². The minimum atomic E-state index is -4.28. The van der Waals surface area contributed by atoms with Crippen LogP contribution in [0.15, 0.2) is 54.6 Å². The molecule has 1 N–H and O–H groups in total. The first kappa shape index (κ1) is 20.0. The normalized spacial score (nSPS) is 19.3. The third-order valence-electron chi connectivity index (χ3n) is 4.37. The van der Waals surface area contributed by atoms with E-state index in [-0.39, 0.29) is 5.56 Å². The lowest BCUT2D eigenvalue weighted by Crippen LogP contribution is -2.48. The molecule has 1 aliphatic heterocycles. The van der Waals surface area contributed by atoms with Gasteiger partial charge in [0.25, 0.3) is 5.91 Å². The van der Waals surface area contributed by atoms with Crippen molar-refractivity contribution in [1.29, 1.82) is 5.26 Å². The van der Waals surface area contributed by atoms with Gasteiger partial charge >= 0.3 is 10.2 Å². The second kappa shape index (κ2) is 8.50. The second-order valence-corrected chi connectivity index (χ2v) is 7.64. The van der Waals surface area contributed by atoms with Crippen LogP contribution in [0.3, 0.4) is 0 Å². The van der Waals surface area contributed by atoms with Crippen molar-refractivity contribution in [3.63, 3.8) is 0 Å². The van der Waals surface area contributed by atoms with Gasteiger partial charge in [0, 0.05) is 12.2 Å². The molecule has 0 aromatic heterocycles. The smallest absolute Gasteiger partial charge is 0.326 e. The van der Waals surface area contributed by atoms with Gasteiger partial charge in [-0.2, -0.15) is 13.7 Å². The number of benzene rings is 2. The van der Waals surface area contributed by atoms with E-state index in [1.165, 1.54) is 19.2 Å². The summed E-state index contributed by atoms with van der Waals surface area (Å²) in [6.45, 7) is 0.331. The lowest BCUT2D eigenvalue weighted by molar-refractivity contribution is -0.0984. The molecule has 2 atom stereocenters. The highest BCUT2D eigenvalue weighted by Crippen LogP contribution is 2.34. The molecule has 0 spiro atoms.